The highest BCUT2D eigenvalue weighted by molar-refractivity contribution is 5.79. The van der Waals surface area contributed by atoms with Crippen molar-refractivity contribution in [1.82, 2.24) is 4.90 Å². The smallest absolute Gasteiger partial charge is 0.225 e. The first-order chi connectivity index (χ1) is 8.83. The highest BCUT2D eigenvalue weighted by Crippen LogP contribution is 2.55. The van der Waals surface area contributed by atoms with Gasteiger partial charge in [0.1, 0.15) is 0 Å². The molecule has 2 nitrogen and oxygen atoms in total. The van der Waals surface area contributed by atoms with Gasteiger partial charge in [0.25, 0.3) is 0 Å². The normalized spacial score (nSPS) is 43.4. The van der Waals surface area contributed by atoms with Crippen LogP contribution >= 0.6 is 0 Å². The van der Waals surface area contributed by atoms with Crippen molar-refractivity contribution < 1.29 is 4.79 Å². The van der Waals surface area contributed by atoms with Crippen molar-refractivity contribution in [3.05, 3.63) is 0 Å². The zero-order valence-corrected chi connectivity index (χ0v) is 11.3. The van der Waals surface area contributed by atoms with Gasteiger partial charge in [0.2, 0.25) is 5.91 Å². The van der Waals surface area contributed by atoms with E-state index in [9.17, 15) is 4.79 Å². The monoisotopic (exact) mass is 247 g/mol. The SMILES string of the molecule is O=C(C1CCCCC1)N1CC2C3CCC(C3)C2C1. The van der Waals surface area contributed by atoms with Crippen molar-refractivity contribution in [3.8, 4) is 0 Å². The lowest BCUT2D eigenvalue weighted by atomic mass is 9.82. The molecule has 100 valence electrons. The molecule has 4 atom stereocenters. The van der Waals surface area contributed by atoms with Crippen LogP contribution in [0.25, 0.3) is 0 Å². The molecule has 0 N–H and O–H groups in total. The Balaban J connectivity index is 1.43. The molecule has 3 saturated carbocycles. The quantitative estimate of drug-likeness (QED) is 0.697. The fourth-order valence-corrected chi connectivity index (χ4v) is 5.47. The van der Waals surface area contributed by atoms with Gasteiger partial charge >= 0.3 is 0 Å². The number of nitrogens with zero attached hydrogens (tertiary/aromatic N) is 1. The van der Waals surface area contributed by atoms with Crippen molar-refractivity contribution >= 4 is 5.91 Å². The van der Waals surface area contributed by atoms with Gasteiger partial charge in [0.15, 0.2) is 0 Å². The molecular weight excluding hydrogens is 222 g/mol. The van der Waals surface area contributed by atoms with Crippen molar-refractivity contribution in [1.29, 1.82) is 0 Å². The van der Waals surface area contributed by atoms with Crippen LogP contribution in [0, 0.1) is 29.6 Å². The molecule has 4 rings (SSSR count). The third-order valence-electron chi connectivity index (χ3n) is 6.40. The second-order valence-electron chi connectivity index (χ2n) is 7.24. The van der Waals surface area contributed by atoms with Crippen LogP contribution in [-0.4, -0.2) is 23.9 Å². The minimum Gasteiger partial charge on any atom is -0.342 e. The van der Waals surface area contributed by atoms with E-state index < -0.39 is 0 Å². The van der Waals surface area contributed by atoms with Crippen LogP contribution in [-0.2, 0) is 4.79 Å². The van der Waals surface area contributed by atoms with Gasteiger partial charge in [0, 0.05) is 19.0 Å². The lowest BCUT2D eigenvalue weighted by molar-refractivity contribution is -0.135. The van der Waals surface area contributed by atoms with E-state index in [-0.39, 0.29) is 0 Å². The lowest BCUT2D eigenvalue weighted by Crippen LogP contribution is -2.36. The predicted octanol–water partition coefficient (Wildman–Crippen LogP) is 3.07. The van der Waals surface area contributed by atoms with E-state index in [0.29, 0.717) is 11.8 Å². The molecule has 4 unspecified atom stereocenters. The van der Waals surface area contributed by atoms with Crippen LogP contribution in [0.4, 0.5) is 0 Å². The standard InChI is InChI=1S/C16H25NO/c18-16(11-4-2-1-3-5-11)17-9-14-12-6-7-13(8-12)15(14)10-17/h11-15H,1-10H2. The minimum atomic E-state index is 0.384. The first-order valence-electron chi connectivity index (χ1n) is 8.11. The van der Waals surface area contributed by atoms with Gasteiger partial charge in [0.05, 0.1) is 0 Å². The maximum atomic E-state index is 12.6. The first-order valence-corrected chi connectivity index (χ1v) is 8.11. The van der Waals surface area contributed by atoms with E-state index in [0.717, 1.165) is 49.6 Å². The summed E-state index contributed by atoms with van der Waals surface area (Å²) >= 11 is 0. The van der Waals surface area contributed by atoms with E-state index in [2.05, 4.69) is 4.90 Å². The van der Waals surface area contributed by atoms with Crippen molar-refractivity contribution in [3.63, 3.8) is 0 Å². The van der Waals surface area contributed by atoms with Gasteiger partial charge in [-0.05, 0) is 55.8 Å². The van der Waals surface area contributed by atoms with Crippen molar-refractivity contribution in [2.75, 3.05) is 13.1 Å². The molecule has 1 aliphatic heterocycles. The van der Waals surface area contributed by atoms with E-state index in [4.69, 9.17) is 0 Å². The Bertz CT molecular complexity index is 329. The summed E-state index contributed by atoms with van der Waals surface area (Å²) in [6, 6.07) is 0. The topological polar surface area (TPSA) is 20.3 Å². The van der Waals surface area contributed by atoms with E-state index in [1.54, 1.807) is 0 Å². The van der Waals surface area contributed by atoms with E-state index >= 15 is 0 Å². The molecule has 1 amide bonds. The molecule has 0 aromatic carbocycles. The number of likely N-dealkylation sites (tertiary alicyclic amines) is 1. The van der Waals surface area contributed by atoms with Gasteiger partial charge in [-0.2, -0.15) is 0 Å². The number of carbonyl (C=O) groups excluding carboxylic acids is 1. The Labute approximate surface area is 110 Å². The molecule has 1 heterocycles. The summed E-state index contributed by atoms with van der Waals surface area (Å²) in [7, 11) is 0. The average molecular weight is 247 g/mol. The summed E-state index contributed by atoms with van der Waals surface area (Å²) in [5, 5.41) is 0. The largest absolute Gasteiger partial charge is 0.342 e. The predicted molar refractivity (Wildman–Crippen MR) is 71.0 cm³/mol. The van der Waals surface area contributed by atoms with Crippen molar-refractivity contribution in [2.45, 2.75) is 51.4 Å². The fraction of sp³-hybridized carbons (Fsp3) is 0.938. The number of carbonyl (C=O) groups is 1. The zero-order chi connectivity index (χ0) is 12.1. The third kappa shape index (κ3) is 1.64. The summed E-state index contributed by atoms with van der Waals surface area (Å²) in [5.74, 6) is 4.62. The number of hydrogen-bond acceptors (Lipinski definition) is 1. The minimum absolute atomic E-state index is 0.384. The maximum Gasteiger partial charge on any atom is 0.225 e. The van der Waals surface area contributed by atoms with Crippen LogP contribution in [0.2, 0.25) is 0 Å². The maximum absolute atomic E-state index is 12.6. The summed E-state index contributed by atoms with van der Waals surface area (Å²) in [4.78, 5) is 14.9. The van der Waals surface area contributed by atoms with E-state index in [1.165, 1.54) is 38.5 Å². The second-order valence-corrected chi connectivity index (χ2v) is 7.24. The Morgan fingerprint density at radius 2 is 1.44 bits per heavy atom. The van der Waals surface area contributed by atoms with Crippen LogP contribution in [0.3, 0.4) is 0 Å². The number of rotatable bonds is 1. The van der Waals surface area contributed by atoms with Gasteiger partial charge in [-0.15, -0.1) is 0 Å². The second kappa shape index (κ2) is 4.25. The number of amides is 1. The highest BCUT2D eigenvalue weighted by Gasteiger charge is 2.52. The molecule has 0 spiro atoms. The van der Waals surface area contributed by atoms with Gasteiger partial charge in [-0.3, -0.25) is 4.79 Å². The van der Waals surface area contributed by atoms with Crippen LogP contribution in [0.15, 0.2) is 0 Å². The van der Waals surface area contributed by atoms with Crippen LogP contribution in [0.5, 0.6) is 0 Å². The summed E-state index contributed by atoms with van der Waals surface area (Å²) in [6.45, 7) is 2.22. The number of fused-ring (bicyclic) bond motifs is 5. The molecule has 1 saturated heterocycles. The molecule has 3 aliphatic carbocycles. The van der Waals surface area contributed by atoms with Gasteiger partial charge in [-0.25, -0.2) is 0 Å². The summed E-state index contributed by atoms with van der Waals surface area (Å²) in [5.41, 5.74) is 0. The van der Waals surface area contributed by atoms with Crippen molar-refractivity contribution in [2.24, 2.45) is 29.6 Å². The Hall–Kier alpha value is -0.530. The molecular formula is C16H25NO. The fourth-order valence-electron chi connectivity index (χ4n) is 5.47. The van der Waals surface area contributed by atoms with Gasteiger partial charge < -0.3 is 4.90 Å². The Kier molecular flexibility index (Phi) is 2.67. The zero-order valence-electron chi connectivity index (χ0n) is 11.3. The number of hydrogen-bond donors (Lipinski definition) is 0. The molecule has 0 radical (unpaired) electrons. The molecule has 0 aromatic heterocycles. The average Bonchev–Trinajstić information content (AvgIpc) is 3.10. The molecule has 0 aromatic rings. The van der Waals surface area contributed by atoms with Crippen LogP contribution in [0.1, 0.15) is 51.4 Å². The van der Waals surface area contributed by atoms with Crippen LogP contribution < -0.4 is 0 Å². The first kappa shape index (κ1) is 11.3. The lowest BCUT2D eigenvalue weighted by Gasteiger charge is -2.27. The van der Waals surface area contributed by atoms with Gasteiger partial charge in [-0.1, -0.05) is 19.3 Å². The highest BCUT2D eigenvalue weighted by atomic mass is 16.2. The Morgan fingerprint density at radius 1 is 0.833 bits per heavy atom. The molecule has 2 bridgehead atoms. The Morgan fingerprint density at radius 3 is 2.06 bits per heavy atom. The molecule has 18 heavy (non-hydrogen) atoms. The summed E-state index contributed by atoms with van der Waals surface area (Å²) < 4.78 is 0. The molecule has 4 fully saturated rings. The van der Waals surface area contributed by atoms with E-state index in [1.807, 2.05) is 0 Å². The summed E-state index contributed by atoms with van der Waals surface area (Å²) in [6.07, 6.45) is 10.6. The molecule has 4 aliphatic rings. The third-order valence-corrected chi connectivity index (χ3v) is 6.40. The molecule has 2 heteroatoms.